The number of aliphatic hydroxyl groups is 2. The summed E-state index contributed by atoms with van der Waals surface area (Å²) in [6.07, 6.45) is 5.20. The molecular weight excluding hydrogens is 164 g/mol. The molecule has 0 saturated heterocycles. The van der Waals surface area contributed by atoms with Crippen molar-refractivity contribution in [2.24, 2.45) is 0 Å². The van der Waals surface area contributed by atoms with Crippen molar-refractivity contribution in [2.45, 2.75) is 50.7 Å². The molecule has 2 nitrogen and oxygen atoms in total. The van der Waals surface area contributed by atoms with Gasteiger partial charge in [0, 0.05) is 0 Å². The maximum atomic E-state index is 9.23. The van der Waals surface area contributed by atoms with Crippen LogP contribution in [0.3, 0.4) is 0 Å². The summed E-state index contributed by atoms with van der Waals surface area (Å²) >= 11 is 0. The van der Waals surface area contributed by atoms with E-state index in [4.69, 9.17) is 0 Å². The van der Waals surface area contributed by atoms with Crippen LogP contribution < -0.4 is 0 Å². The first-order valence-electron chi connectivity index (χ1n) is 4.17. The molecule has 0 spiro atoms. The van der Waals surface area contributed by atoms with Crippen molar-refractivity contribution in [3.8, 4) is 0 Å². The van der Waals surface area contributed by atoms with Crippen LogP contribution in [0.1, 0.15) is 38.5 Å². The minimum atomic E-state index is -0.458. The van der Waals surface area contributed by atoms with Crippen LogP contribution in [0.4, 0.5) is 0 Å². The fraction of sp³-hybridized carbons (Fsp3) is 1.00. The van der Waals surface area contributed by atoms with Gasteiger partial charge in [-0.15, -0.1) is 12.4 Å². The van der Waals surface area contributed by atoms with Crippen molar-refractivity contribution < 1.29 is 10.2 Å². The first kappa shape index (κ1) is 11.2. The molecule has 1 saturated carbocycles. The first-order valence-corrected chi connectivity index (χ1v) is 4.17. The zero-order valence-electron chi connectivity index (χ0n) is 6.70. The monoisotopic (exact) mass is 180 g/mol. The van der Waals surface area contributed by atoms with E-state index in [1.165, 1.54) is 12.8 Å². The Morgan fingerprint density at radius 1 is 0.727 bits per heavy atom. The van der Waals surface area contributed by atoms with Crippen LogP contribution in [0.25, 0.3) is 0 Å². The van der Waals surface area contributed by atoms with Crippen molar-refractivity contribution in [3.05, 3.63) is 0 Å². The second-order valence-corrected chi connectivity index (χ2v) is 3.13. The molecule has 0 aliphatic heterocycles. The van der Waals surface area contributed by atoms with Crippen molar-refractivity contribution in [1.29, 1.82) is 0 Å². The lowest BCUT2D eigenvalue weighted by molar-refractivity contribution is 0.00303. The predicted molar refractivity (Wildman–Crippen MR) is 47.0 cm³/mol. The Morgan fingerprint density at radius 3 is 1.45 bits per heavy atom. The van der Waals surface area contributed by atoms with Gasteiger partial charge in [-0.05, 0) is 12.8 Å². The number of rotatable bonds is 0. The third-order valence-corrected chi connectivity index (χ3v) is 2.19. The van der Waals surface area contributed by atoms with Crippen molar-refractivity contribution in [3.63, 3.8) is 0 Å². The van der Waals surface area contributed by atoms with E-state index in [0.29, 0.717) is 0 Å². The Labute approximate surface area is 74.0 Å². The van der Waals surface area contributed by atoms with Gasteiger partial charge in [0.05, 0.1) is 12.2 Å². The van der Waals surface area contributed by atoms with Gasteiger partial charge >= 0.3 is 0 Å². The van der Waals surface area contributed by atoms with Crippen LogP contribution in [-0.4, -0.2) is 22.4 Å². The minimum absolute atomic E-state index is 0. The summed E-state index contributed by atoms with van der Waals surface area (Å²) in [6.45, 7) is 0. The number of hydrogen-bond donors (Lipinski definition) is 2. The lowest BCUT2D eigenvalue weighted by Crippen LogP contribution is -2.26. The summed E-state index contributed by atoms with van der Waals surface area (Å²) in [4.78, 5) is 0. The van der Waals surface area contributed by atoms with Crippen LogP contribution in [0.2, 0.25) is 0 Å². The molecule has 11 heavy (non-hydrogen) atoms. The maximum absolute atomic E-state index is 9.23. The van der Waals surface area contributed by atoms with Gasteiger partial charge in [-0.1, -0.05) is 25.7 Å². The molecule has 0 amide bonds. The summed E-state index contributed by atoms with van der Waals surface area (Å²) in [5, 5.41) is 18.5. The highest BCUT2D eigenvalue weighted by atomic mass is 35.5. The zero-order valence-corrected chi connectivity index (χ0v) is 7.52. The van der Waals surface area contributed by atoms with Crippen molar-refractivity contribution >= 4 is 12.4 Å². The normalized spacial score (nSPS) is 33.3. The summed E-state index contributed by atoms with van der Waals surface area (Å²) in [6, 6.07) is 0. The van der Waals surface area contributed by atoms with Gasteiger partial charge < -0.3 is 10.2 Å². The zero-order chi connectivity index (χ0) is 7.40. The van der Waals surface area contributed by atoms with E-state index < -0.39 is 12.2 Å². The standard InChI is InChI=1S/C8H16O2.ClH/c9-7-5-3-1-2-4-6-8(7)10;/h7-10H,1-6H2;1H/t7-,8+;. The molecule has 0 heterocycles. The molecule has 3 heteroatoms. The van der Waals surface area contributed by atoms with E-state index in [-0.39, 0.29) is 12.4 Å². The van der Waals surface area contributed by atoms with Crippen LogP contribution in [0.15, 0.2) is 0 Å². The van der Waals surface area contributed by atoms with Gasteiger partial charge in [-0.25, -0.2) is 0 Å². The van der Waals surface area contributed by atoms with Gasteiger partial charge in [0.2, 0.25) is 0 Å². The Hall–Kier alpha value is 0.210. The Morgan fingerprint density at radius 2 is 1.09 bits per heavy atom. The molecule has 0 aromatic carbocycles. The van der Waals surface area contributed by atoms with Gasteiger partial charge in [-0.2, -0.15) is 0 Å². The number of aliphatic hydroxyl groups excluding tert-OH is 2. The summed E-state index contributed by atoms with van der Waals surface area (Å²) in [5.41, 5.74) is 0. The molecule has 0 radical (unpaired) electrons. The van der Waals surface area contributed by atoms with Crippen LogP contribution in [0.5, 0.6) is 0 Å². The van der Waals surface area contributed by atoms with Crippen LogP contribution >= 0.6 is 12.4 Å². The molecule has 0 aromatic rings. The maximum Gasteiger partial charge on any atom is 0.0799 e. The highest BCUT2D eigenvalue weighted by Gasteiger charge is 2.16. The largest absolute Gasteiger partial charge is 0.390 e. The van der Waals surface area contributed by atoms with E-state index in [1.807, 2.05) is 0 Å². The van der Waals surface area contributed by atoms with Crippen LogP contribution in [0, 0.1) is 0 Å². The average Bonchev–Trinajstić information content (AvgIpc) is 1.92. The molecule has 1 aliphatic rings. The lowest BCUT2D eigenvalue weighted by Gasteiger charge is -2.19. The van der Waals surface area contributed by atoms with E-state index in [1.54, 1.807) is 0 Å². The quantitative estimate of drug-likeness (QED) is 0.593. The molecule has 0 bridgehead atoms. The average molecular weight is 181 g/mol. The van der Waals surface area contributed by atoms with E-state index in [0.717, 1.165) is 25.7 Å². The summed E-state index contributed by atoms with van der Waals surface area (Å²) in [5.74, 6) is 0. The van der Waals surface area contributed by atoms with Gasteiger partial charge in [0.25, 0.3) is 0 Å². The van der Waals surface area contributed by atoms with Gasteiger partial charge in [0.1, 0.15) is 0 Å². The van der Waals surface area contributed by atoms with E-state index >= 15 is 0 Å². The minimum Gasteiger partial charge on any atom is -0.390 e. The summed E-state index contributed by atoms with van der Waals surface area (Å²) < 4.78 is 0. The van der Waals surface area contributed by atoms with Gasteiger partial charge in [-0.3, -0.25) is 0 Å². The molecule has 1 fully saturated rings. The smallest absolute Gasteiger partial charge is 0.0799 e. The highest BCUT2D eigenvalue weighted by Crippen LogP contribution is 2.17. The predicted octanol–water partition coefficient (Wildman–Crippen LogP) is 1.48. The fourth-order valence-corrected chi connectivity index (χ4v) is 1.45. The second kappa shape index (κ2) is 5.81. The molecule has 2 atom stereocenters. The molecule has 0 aromatic heterocycles. The number of halogens is 1. The van der Waals surface area contributed by atoms with Crippen molar-refractivity contribution in [1.82, 2.24) is 0 Å². The third-order valence-electron chi connectivity index (χ3n) is 2.19. The first-order chi connectivity index (χ1) is 4.80. The number of hydrogen-bond acceptors (Lipinski definition) is 2. The molecule has 2 N–H and O–H groups in total. The molecular formula is C8H17ClO2. The Kier molecular flexibility index (Phi) is 5.92. The van der Waals surface area contributed by atoms with E-state index in [9.17, 15) is 10.2 Å². The highest BCUT2D eigenvalue weighted by molar-refractivity contribution is 5.85. The Balaban J connectivity index is 0.000001000. The fourth-order valence-electron chi connectivity index (χ4n) is 1.45. The Bertz CT molecular complexity index is 86.1. The van der Waals surface area contributed by atoms with Crippen molar-refractivity contribution in [2.75, 3.05) is 0 Å². The lowest BCUT2D eigenvalue weighted by atomic mass is 9.96. The summed E-state index contributed by atoms with van der Waals surface area (Å²) in [7, 11) is 0. The third kappa shape index (κ3) is 3.94. The second-order valence-electron chi connectivity index (χ2n) is 3.13. The molecule has 0 unspecified atom stereocenters. The van der Waals surface area contributed by atoms with Crippen LogP contribution in [-0.2, 0) is 0 Å². The molecule has 1 rings (SSSR count). The van der Waals surface area contributed by atoms with E-state index in [2.05, 4.69) is 0 Å². The van der Waals surface area contributed by atoms with Gasteiger partial charge in [0.15, 0.2) is 0 Å². The SMILES string of the molecule is Cl.O[C@@H]1CCCCCC[C@@H]1O. The topological polar surface area (TPSA) is 40.5 Å². The molecule has 1 aliphatic carbocycles. The molecule has 68 valence electrons.